The third-order valence-electron chi connectivity index (χ3n) is 4.21. The molecule has 0 atom stereocenters. The molecule has 22 heavy (non-hydrogen) atoms. The van der Waals surface area contributed by atoms with E-state index in [1.165, 1.54) is 0 Å². The topological polar surface area (TPSA) is 54.9 Å². The maximum Gasteiger partial charge on any atom is 0.236 e. The summed E-state index contributed by atoms with van der Waals surface area (Å²) in [5.74, 6) is 1.08. The van der Waals surface area contributed by atoms with Gasteiger partial charge in [0.15, 0.2) is 0 Å². The molecule has 2 fully saturated rings. The molecular weight excluding hydrogens is 282 g/mol. The lowest BCUT2D eigenvalue weighted by Crippen LogP contribution is -2.48. The Balaban J connectivity index is 1.42. The third-order valence-corrected chi connectivity index (χ3v) is 4.21. The van der Waals surface area contributed by atoms with Crippen molar-refractivity contribution in [1.82, 2.24) is 14.8 Å². The zero-order valence-electron chi connectivity index (χ0n) is 12.8. The van der Waals surface area contributed by atoms with Crippen LogP contribution in [0, 0.1) is 0 Å². The Morgan fingerprint density at radius 2 is 1.86 bits per heavy atom. The molecule has 0 unspecified atom stereocenters. The van der Waals surface area contributed by atoms with E-state index in [1.807, 2.05) is 17.0 Å². The highest BCUT2D eigenvalue weighted by molar-refractivity contribution is 5.78. The molecule has 0 saturated carbocycles. The summed E-state index contributed by atoms with van der Waals surface area (Å²) in [6.07, 6.45) is 5.43. The number of carbonyl (C=O) groups excluding carboxylic acids is 1. The normalized spacial score (nSPS) is 20.8. The van der Waals surface area contributed by atoms with Crippen LogP contribution < -0.4 is 4.74 Å². The summed E-state index contributed by atoms with van der Waals surface area (Å²) in [4.78, 5) is 20.4. The Bertz CT molecular complexity index is 469. The van der Waals surface area contributed by atoms with E-state index >= 15 is 0 Å². The van der Waals surface area contributed by atoms with Crippen LogP contribution in [0.5, 0.6) is 5.75 Å². The van der Waals surface area contributed by atoms with Crippen molar-refractivity contribution in [3.8, 4) is 5.75 Å². The predicted molar refractivity (Wildman–Crippen MR) is 81.7 cm³/mol. The minimum Gasteiger partial charge on any atom is -0.490 e. The fourth-order valence-electron chi connectivity index (χ4n) is 2.88. The lowest BCUT2D eigenvalue weighted by atomic mass is 10.1. The smallest absolute Gasteiger partial charge is 0.236 e. The number of hydrogen-bond donors (Lipinski definition) is 0. The second-order valence-electron chi connectivity index (χ2n) is 5.77. The van der Waals surface area contributed by atoms with Crippen molar-refractivity contribution in [2.24, 2.45) is 0 Å². The number of carbonyl (C=O) groups is 1. The fraction of sp³-hybridized carbons (Fsp3) is 0.625. The molecule has 2 aliphatic rings. The number of aromatic nitrogens is 1. The van der Waals surface area contributed by atoms with Gasteiger partial charge in [-0.1, -0.05) is 0 Å². The fourth-order valence-corrected chi connectivity index (χ4v) is 2.88. The van der Waals surface area contributed by atoms with Crippen LogP contribution in [0.2, 0.25) is 0 Å². The predicted octanol–water partition coefficient (Wildman–Crippen LogP) is 0.784. The Morgan fingerprint density at radius 1 is 1.18 bits per heavy atom. The summed E-state index contributed by atoms with van der Waals surface area (Å²) in [5.41, 5.74) is 0. The largest absolute Gasteiger partial charge is 0.490 e. The van der Waals surface area contributed by atoms with Gasteiger partial charge >= 0.3 is 0 Å². The second-order valence-corrected chi connectivity index (χ2v) is 5.77. The molecule has 1 aromatic heterocycles. The molecule has 1 amide bonds. The van der Waals surface area contributed by atoms with E-state index in [0.29, 0.717) is 6.54 Å². The quantitative estimate of drug-likeness (QED) is 0.823. The molecule has 0 aromatic carbocycles. The van der Waals surface area contributed by atoms with Crippen LogP contribution in [0.15, 0.2) is 24.5 Å². The first kappa shape index (κ1) is 15.2. The van der Waals surface area contributed by atoms with Gasteiger partial charge < -0.3 is 14.4 Å². The van der Waals surface area contributed by atoms with E-state index < -0.39 is 0 Å². The lowest BCUT2D eigenvalue weighted by molar-refractivity contribution is -0.135. The first-order valence-corrected chi connectivity index (χ1v) is 7.96. The number of amides is 1. The summed E-state index contributed by atoms with van der Waals surface area (Å²) in [5, 5.41) is 0. The van der Waals surface area contributed by atoms with Crippen molar-refractivity contribution < 1.29 is 14.3 Å². The van der Waals surface area contributed by atoms with Crippen LogP contribution in [0.3, 0.4) is 0 Å². The van der Waals surface area contributed by atoms with Crippen molar-refractivity contribution in [3.63, 3.8) is 0 Å². The standard InChI is InChI=1S/C16H23N3O3/c20-16(13-18-9-11-21-12-10-18)19-7-3-15(4-8-19)22-14-1-5-17-6-2-14/h1-2,5-6,15H,3-4,7-13H2. The number of morpholine rings is 1. The molecule has 0 radical (unpaired) electrons. The SMILES string of the molecule is O=C(CN1CCOCC1)N1CCC(Oc2ccncc2)CC1. The maximum atomic E-state index is 12.3. The molecule has 1 aromatic rings. The summed E-state index contributed by atoms with van der Waals surface area (Å²) in [6.45, 7) is 5.24. The van der Waals surface area contributed by atoms with E-state index in [4.69, 9.17) is 9.47 Å². The Hall–Kier alpha value is -1.66. The van der Waals surface area contributed by atoms with Crippen molar-refractivity contribution in [3.05, 3.63) is 24.5 Å². The van der Waals surface area contributed by atoms with E-state index in [1.54, 1.807) is 12.4 Å². The van der Waals surface area contributed by atoms with Gasteiger partial charge in [0.1, 0.15) is 11.9 Å². The van der Waals surface area contributed by atoms with Gasteiger partial charge in [-0.2, -0.15) is 0 Å². The van der Waals surface area contributed by atoms with Gasteiger partial charge in [-0.3, -0.25) is 14.7 Å². The van der Waals surface area contributed by atoms with E-state index in [-0.39, 0.29) is 12.0 Å². The molecule has 6 heteroatoms. The third kappa shape index (κ3) is 4.18. The molecule has 0 aliphatic carbocycles. The summed E-state index contributed by atoms with van der Waals surface area (Å²) in [7, 11) is 0. The number of likely N-dealkylation sites (tertiary alicyclic amines) is 1. The van der Waals surface area contributed by atoms with Crippen LogP contribution >= 0.6 is 0 Å². The zero-order valence-corrected chi connectivity index (χ0v) is 12.8. The number of rotatable bonds is 4. The molecule has 0 N–H and O–H groups in total. The minimum atomic E-state index is 0.190. The highest BCUT2D eigenvalue weighted by Gasteiger charge is 2.25. The van der Waals surface area contributed by atoms with Gasteiger partial charge in [0.05, 0.1) is 19.8 Å². The van der Waals surface area contributed by atoms with E-state index in [9.17, 15) is 4.79 Å². The van der Waals surface area contributed by atoms with Gasteiger partial charge in [-0.15, -0.1) is 0 Å². The van der Waals surface area contributed by atoms with Crippen LogP contribution in [0.1, 0.15) is 12.8 Å². The Kier molecular flexibility index (Phi) is 5.24. The van der Waals surface area contributed by atoms with Crippen LogP contribution in [-0.2, 0) is 9.53 Å². The average molecular weight is 305 g/mol. The minimum absolute atomic E-state index is 0.190. The number of ether oxygens (including phenoxy) is 2. The van der Waals surface area contributed by atoms with E-state index in [0.717, 1.165) is 58.0 Å². The average Bonchev–Trinajstić information content (AvgIpc) is 2.57. The number of pyridine rings is 1. The highest BCUT2D eigenvalue weighted by Crippen LogP contribution is 2.18. The Labute approximate surface area is 131 Å². The zero-order chi connectivity index (χ0) is 15.2. The molecule has 2 saturated heterocycles. The highest BCUT2D eigenvalue weighted by atomic mass is 16.5. The first-order chi connectivity index (χ1) is 10.8. The van der Waals surface area contributed by atoms with Gasteiger partial charge in [0.25, 0.3) is 0 Å². The van der Waals surface area contributed by atoms with Crippen molar-refractivity contribution in [1.29, 1.82) is 0 Å². The van der Waals surface area contributed by atoms with Crippen LogP contribution in [-0.4, -0.2) is 72.7 Å². The van der Waals surface area contributed by atoms with Gasteiger partial charge in [-0.25, -0.2) is 0 Å². The molecule has 3 heterocycles. The molecule has 120 valence electrons. The van der Waals surface area contributed by atoms with Gasteiger partial charge in [0, 0.05) is 51.4 Å². The van der Waals surface area contributed by atoms with Crippen LogP contribution in [0.4, 0.5) is 0 Å². The number of nitrogens with zero attached hydrogens (tertiary/aromatic N) is 3. The molecular formula is C16H23N3O3. The summed E-state index contributed by atoms with van der Waals surface area (Å²) in [6, 6.07) is 3.74. The van der Waals surface area contributed by atoms with Crippen molar-refractivity contribution in [2.45, 2.75) is 18.9 Å². The van der Waals surface area contributed by atoms with Gasteiger partial charge in [0.2, 0.25) is 5.91 Å². The molecule has 0 spiro atoms. The molecule has 6 nitrogen and oxygen atoms in total. The number of hydrogen-bond acceptors (Lipinski definition) is 5. The van der Waals surface area contributed by atoms with Gasteiger partial charge in [-0.05, 0) is 12.1 Å². The van der Waals surface area contributed by atoms with E-state index in [2.05, 4.69) is 9.88 Å². The molecule has 2 aliphatic heterocycles. The first-order valence-electron chi connectivity index (χ1n) is 7.96. The molecule has 3 rings (SSSR count). The maximum absolute atomic E-state index is 12.3. The summed E-state index contributed by atoms with van der Waals surface area (Å²) >= 11 is 0. The second kappa shape index (κ2) is 7.56. The van der Waals surface area contributed by atoms with Crippen molar-refractivity contribution >= 4 is 5.91 Å². The monoisotopic (exact) mass is 305 g/mol. The molecule has 0 bridgehead atoms. The summed E-state index contributed by atoms with van der Waals surface area (Å²) < 4.78 is 11.2. The lowest BCUT2D eigenvalue weighted by Gasteiger charge is -2.34. The van der Waals surface area contributed by atoms with Crippen molar-refractivity contribution in [2.75, 3.05) is 45.9 Å². The number of piperidine rings is 1. The Morgan fingerprint density at radius 3 is 2.55 bits per heavy atom. The van der Waals surface area contributed by atoms with Crippen LogP contribution in [0.25, 0.3) is 0 Å².